The van der Waals surface area contributed by atoms with E-state index in [1.807, 2.05) is 57.2 Å². The summed E-state index contributed by atoms with van der Waals surface area (Å²) in [7, 11) is 0. The van der Waals surface area contributed by atoms with E-state index in [0.29, 0.717) is 11.1 Å². The van der Waals surface area contributed by atoms with Crippen molar-refractivity contribution in [1.29, 1.82) is 0 Å². The van der Waals surface area contributed by atoms with E-state index in [-0.39, 0.29) is 18.3 Å². The molecule has 0 saturated heterocycles. The molecule has 0 fully saturated rings. The number of amides is 1. The summed E-state index contributed by atoms with van der Waals surface area (Å²) in [6.45, 7) is 8.24. The molecule has 1 N–H and O–H groups in total. The Kier molecular flexibility index (Phi) is 6.93. The normalized spacial score (nSPS) is 10.8. The topological polar surface area (TPSA) is 77.2 Å². The number of para-hydroxylation sites is 2. The number of nitrogens with one attached hydrogen (secondary N) is 1. The van der Waals surface area contributed by atoms with E-state index in [1.54, 1.807) is 0 Å². The molecule has 2 aromatic carbocycles. The van der Waals surface area contributed by atoms with Crippen LogP contribution in [0.25, 0.3) is 0 Å². The highest BCUT2D eigenvalue weighted by Crippen LogP contribution is 2.25. The summed E-state index contributed by atoms with van der Waals surface area (Å²) in [6, 6.07) is 12.0. The lowest BCUT2D eigenvalue weighted by Crippen LogP contribution is -2.16. The van der Waals surface area contributed by atoms with E-state index >= 15 is 0 Å². The first-order valence-electron chi connectivity index (χ1n) is 9.50. The third kappa shape index (κ3) is 5.38. The zero-order valence-electron chi connectivity index (χ0n) is 17.1. The fraction of sp³-hybridized carbons (Fsp3) is 0.318. The van der Waals surface area contributed by atoms with Crippen LogP contribution in [0.15, 0.2) is 46.0 Å². The van der Waals surface area contributed by atoms with Crippen LogP contribution in [0.5, 0.6) is 5.75 Å². The summed E-state index contributed by atoms with van der Waals surface area (Å²) in [5.74, 6) is 1.29. The number of benzene rings is 2. The Morgan fingerprint density at radius 1 is 1.07 bits per heavy atom. The second kappa shape index (κ2) is 9.60. The van der Waals surface area contributed by atoms with E-state index in [4.69, 9.17) is 9.15 Å². The van der Waals surface area contributed by atoms with Crippen molar-refractivity contribution in [2.75, 3.05) is 11.1 Å². The summed E-state index contributed by atoms with van der Waals surface area (Å²) >= 11 is 1.21. The van der Waals surface area contributed by atoms with Gasteiger partial charge in [-0.05, 0) is 49.4 Å². The number of hydrogen-bond acceptors (Lipinski definition) is 6. The predicted molar refractivity (Wildman–Crippen MR) is 114 cm³/mol. The number of aromatic nitrogens is 2. The average molecular weight is 412 g/mol. The highest BCUT2D eigenvalue weighted by Gasteiger charge is 2.13. The van der Waals surface area contributed by atoms with Crippen LogP contribution in [0.1, 0.15) is 35.1 Å². The van der Waals surface area contributed by atoms with Crippen molar-refractivity contribution in [1.82, 2.24) is 10.2 Å². The molecule has 0 radical (unpaired) electrons. The van der Waals surface area contributed by atoms with Gasteiger partial charge in [-0.2, -0.15) is 0 Å². The summed E-state index contributed by atoms with van der Waals surface area (Å²) in [6.07, 6.45) is 0.859. The van der Waals surface area contributed by atoms with Crippen molar-refractivity contribution in [3.63, 3.8) is 0 Å². The number of carbonyl (C=O) groups is 1. The van der Waals surface area contributed by atoms with Gasteiger partial charge in [-0.1, -0.05) is 55.1 Å². The number of rotatable bonds is 8. The lowest BCUT2D eigenvalue weighted by atomic mass is 10.1. The Labute approximate surface area is 175 Å². The minimum Gasteiger partial charge on any atom is -0.483 e. The molecule has 0 aliphatic carbocycles. The molecule has 1 amide bonds. The molecule has 7 heteroatoms. The van der Waals surface area contributed by atoms with Crippen molar-refractivity contribution >= 4 is 23.4 Å². The van der Waals surface area contributed by atoms with Gasteiger partial charge in [-0.15, -0.1) is 10.2 Å². The smallest absolute Gasteiger partial charge is 0.277 e. The molecule has 29 heavy (non-hydrogen) atoms. The Morgan fingerprint density at radius 2 is 1.76 bits per heavy atom. The van der Waals surface area contributed by atoms with Crippen LogP contribution in [0.4, 0.5) is 5.69 Å². The first kappa shape index (κ1) is 20.9. The molecule has 0 saturated carbocycles. The molecule has 3 rings (SSSR count). The van der Waals surface area contributed by atoms with E-state index in [9.17, 15) is 4.79 Å². The van der Waals surface area contributed by atoms with E-state index in [2.05, 4.69) is 22.4 Å². The molecule has 0 aliphatic heterocycles. The maximum atomic E-state index is 12.4. The molecule has 1 heterocycles. The standard InChI is InChI=1S/C22H25N3O3S/c1-5-17-11-7-8-14(2)20(17)23-18(26)13-29-22-25-24-19(28-22)12-27-21-15(3)9-6-10-16(21)4/h6-11H,5,12-13H2,1-4H3,(H,23,26). The molecule has 0 bridgehead atoms. The molecular formula is C22H25N3O3S. The summed E-state index contributed by atoms with van der Waals surface area (Å²) in [4.78, 5) is 12.4. The molecular weight excluding hydrogens is 386 g/mol. The van der Waals surface area contributed by atoms with Crippen molar-refractivity contribution < 1.29 is 13.9 Å². The van der Waals surface area contributed by atoms with Crippen LogP contribution in [-0.2, 0) is 17.8 Å². The highest BCUT2D eigenvalue weighted by atomic mass is 32.2. The van der Waals surface area contributed by atoms with Crippen molar-refractivity contribution in [3.05, 3.63) is 64.5 Å². The van der Waals surface area contributed by atoms with Crippen LogP contribution >= 0.6 is 11.8 Å². The molecule has 3 aromatic rings. The van der Waals surface area contributed by atoms with Gasteiger partial charge in [-0.25, -0.2) is 0 Å². The van der Waals surface area contributed by atoms with Gasteiger partial charge in [0.2, 0.25) is 5.91 Å². The second-order valence-electron chi connectivity index (χ2n) is 6.77. The van der Waals surface area contributed by atoms with Crippen LogP contribution < -0.4 is 10.1 Å². The molecule has 0 unspecified atom stereocenters. The molecule has 0 spiro atoms. The van der Waals surface area contributed by atoms with Gasteiger partial charge >= 0.3 is 0 Å². The molecule has 152 valence electrons. The second-order valence-corrected chi connectivity index (χ2v) is 7.70. The Balaban J connectivity index is 1.54. The highest BCUT2D eigenvalue weighted by molar-refractivity contribution is 7.99. The predicted octanol–water partition coefficient (Wildman–Crippen LogP) is 4.87. The van der Waals surface area contributed by atoms with Gasteiger partial charge in [0.15, 0.2) is 6.61 Å². The first-order chi connectivity index (χ1) is 14.0. The van der Waals surface area contributed by atoms with Gasteiger partial charge < -0.3 is 14.5 Å². The third-order valence-corrected chi connectivity index (χ3v) is 5.35. The number of ether oxygens (including phenoxy) is 1. The fourth-order valence-corrected chi connectivity index (χ4v) is 3.60. The summed E-state index contributed by atoms with van der Waals surface area (Å²) < 4.78 is 11.4. The van der Waals surface area contributed by atoms with Crippen LogP contribution in [0.3, 0.4) is 0 Å². The quantitative estimate of drug-likeness (QED) is 0.533. The number of carbonyl (C=O) groups excluding carboxylic acids is 1. The zero-order chi connectivity index (χ0) is 20.8. The van der Waals surface area contributed by atoms with Gasteiger partial charge in [0.25, 0.3) is 11.1 Å². The molecule has 0 atom stereocenters. The maximum Gasteiger partial charge on any atom is 0.277 e. The van der Waals surface area contributed by atoms with E-state index < -0.39 is 0 Å². The van der Waals surface area contributed by atoms with E-state index in [1.165, 1.54) is 11.8 Å². The van der Waals surface area contributed by atoms with Crippen molar-refractivity contribution in [2.24, 2.45) is 0 Å². The SMILES string of the molecule is CCc1cccc(C)c1NC(=O)CSc1nnc(COc2c(C)cccc2C)o1. The zero-order valence-corrected chi connectivity index (χ0v) is 17.9. The molecule has 6 nitrogen and oxygen atoms in total. The largest absolute Gasteiger partial charge is 0.483 e. The number of nitrogens with zero attached hydrogens (tertiary/aromatic N) is 2. The minimum absolute atomic E-state index is 0.106. The Bertz CT molecular complexity index is 980. The minimum atomic E-state index is -0.106. The number of hydrogen-bond donors (Lipinski definition) is 1. The summed E-state index contributed by atoms with van der Waals surface area (Å²) in [5.41, 5.74) is 5.16. The van der Waals surface area contributed by atoms with Gasteiger partial charge in [0.05, 0.1) is 5.75 Å². The summed E-state index contributed by atoms with van der Waals surface area (Å²) in [5, 5.41) is 11.3. The first-order valence-corrected chi connectivity index (χ1v) is 10.5. The van der Waals surface area contributed by atoms with Crippen LogP contribution in [0.2, 0.25) is 0 Å². The van der Waals surface area contributed by atoms with Crippen LogP contribution in [0, 0.1) is 20.8 Å². The van der Waals surface area contributed by atoms with Gasteiger partial charge in [0, 0.05) is 5.69 Å². The maximum absolute atomic E-state index is 12.4. The number of aryl methyl sites for hydroxylation is 4. The van der Waals surface area contributed by atoms with E-state index in [0.717, 1.165) is 40.1 Å². The lowest BCUT2D eigenvalue weighted by Gasteiger charge is -2.12. The molecule has 0 aliphatic rings. The van der Waals surface area contributed by atoms with Crippen LogP contribution in [-0.4, -0.2) is 21.9 Å². The Morgan fingerprint density at radius 3 is 2.48 bits per heavy atom. The Hall–Kier alpha value is -2.80. The monoisotopic (exact) mass is 411 g/mol. The average Bonchev–Trinajstić information content (AvgIpc) is 3.15. The van der Waals surface area contributed by atoms with Crippen molar-refractivity contribution in [3.8, 4) is 5.75 Å². The van der Waals surface area contributed by atoms with Crippen molar-refractivity contribution in [2.45, 2.75) is 45.9 Å². The fourth-order valence-electron chi connectivity index (χ4n) is 3.02. The third-order valence-electron chi connectivity index (χ3n) is 4.53. The van der Waals surface area contributed by atoms with Gasteiger partial charge in [-0.3, -0.25) is 4.79 Å². The van der Waals surface area contributed by atoms with Gasteiger partial charge in [0.1, 0.15) is 5.75 Å². The molecule has 1 aromatic heterocycles. The number of thioether (sulfide) groups is 1. The number of anilines is 1. The lowest BCUT2D eigenvalue weighted by molar-refractivity contribution is -0.113.